The summed E-state index contributed by atoms with van der Waals surface area (Å²) in [4.78, 5) is 29.9. The molecule has 1 aliphatic rings. The van der Waals surface area contributed by atoms with E-state index in [4.69, 9.17) is 32.7 Å². The van der Waals surface area contributed by atoms with E-state index in [1.165, 1.54) is 11.8 Å². The minimum Gasteiger partial charge on any atom is -0.490 e. The predicted molar refractivity (Wildman–Crippen MR) is 155 cm³/mol. The van der Waals surface area contributed by atoms with E-state index in [9.17, 15) is 9.59 Å². The van der Waals surface area contributed by atoms with Crippen molar-refractivity contribution in [3.63, 3.8) is 0 Å². The first-order valence-electron chi connectivity index (χ1n) is 11.7. The molecule has 7 nitrogen and oxygen atoms in total. The summed E-state index contributed by atoms with van der Waals surface area (Å²) >= 11 is 13.9. The van der Waals surface area contributed by atoms with Crippen molar-refractivity contribution in [2.75, 3.05) is 18.5 Å². The summed E-state index contributed by atoms with van der Waals surface area (Å²) in [6.45, 7) is 5.76. The monoisotopic (exact) mass is 569 g/mol. The number of aryl methyl sites for hydroxylation is 2. The standard InChI is InChI=1S/C28H25Cl2N3O4S/c1-4-36-23-12-18(13-24-27(35)33-28(38-24)32-19-8-5-16(2)6-9-19)11-22(30)26(23)37-15-25(34)31-20-10-7-17(3)21(29)14-20/h5-14H,4,15H2,1-3H3,(H,31,34)(H,32,33,35)/b24-13-. The van der Waals surface area contributed by atoms with Gasteiger partial charge in [0.15, 0.2) is 23.3 Å². The number of hydrogen-bond acceptors (Lipinski definition) is 6. The van der Waals surface area contributed by atoms with Crippen molar-refractivity contribution in [1.82, 2.24) is 5.32 Å². The van der Waals surface area contributed by atoms with Gasteiger partial charge in [0.05, 0.1) is 22.2 Å². The normalized spacial score (nSPS) is 15.0. The van der Waals surface area contributed by atoms with Crippen LogP contribution in [0.5, 0.6) is 11.5 Å². The number of nitrogens with zero attached hydrogens (tertiary/aromatic N) is 1. The van der Waals surface area contributed by atoms with Crippen LogP contribution in [0.4, 0.5) is 11.4 Å². The van der Waals surface area contributed by atoms with Gasteiger partial charge >= 0.3 is 0 Å². The van der Waals surface area contributed by atoms with Gasteiger partial charge in [-0.1, -0.05) is 47.0 Å². The lowest BCUT2D eigenvalue weighted by Gasteiger charge is -2.15. The minimum absolute atomic E-state index is 0.234. The maximum atomic E-state index is 12.5. The number of thioether (sulfide) groups is 1. The van der Waals surface area contributed by atoms with Crippen LogP contribution in [0, 0.1) is 13.8 Å². The van der Waals surface area contributed by atoms with Gasteiger partial charge in [0, 0.05) is 10.7 Å². The van der Waals surface area contributed by atoms with Gasteiger partial charge in [-0.2, -0.15) is 0 Å². The number of nitrogens with one attached hydrogen (secondary N) is 2. The van der Waals surface area contributed by atoms with Gasteiger partial charge in [0.2, 0.25) is 0 Å². The van der Waals surface area contributed by atoms with E-state index in [2.05, 4.69) is 15.6 Å². The maximum Gasteiger partial charge on any atom is 0.264 e. The third kappa shape index (κ3) is 7.10. The molecule has 0 aromatic heterocycles. The van der Waals surface area contributed by atoms with E-state index >= 15 is 0 Å². The molecular formula is C28H25Cl2N3O4S. The molecule has 3 aromatic rings. The maximum absolute atomic E-state index is 12.5. The fourth-order valence-electron chi connectivity index (χ4n) is 3.45. The third-order valence-electron chi connectivity index (χ3n) is 5.35. The van der Waals surface area contributed by atoms with Crippen molar-refractivity contribution in [2.45, 2.75) is 20.8 Å². The van der Waals surface area contributed by atoms with Gasteiger partial charge in [-0.15, -0.1) is 0 Å². The Morgan fingerprint density at radius 3 is 2.53 bits per heavy atom. The third-order valence-corrected chi connectivity index (χ3v) is 6.95. The smallest absolute Gasteiger partial charge is 0.264 e. The highest BCUT2D eigenvalue weighted by Crippen LogP contribution is 2.38. The molecule has 0 atom stereocenters. The van der Waals surface area contributed by atoms with Gasteiger partial charge in [-0.3, -0.25) is 9.59 Å². The zero-order chi connectivity index (χ0) is 27.2. The van der Waals surface area contributed by atoms with Crippen molar-refractivity contribution in [3.05, 3.63) is 86.2 Å². The van der Waals surface area contributed by atoms with Crippen LogP contribution in [0.1, 0.15) is 23.6 Å². The molecule has 196 valence electrons. The molecule has 2 N–H and O–H groups in total. The molecule has 1 saturated heterocycles. The first-order chi connectivity index (χ1) is 18.2. The number of anilines is 1. The Morgan fingerprint density at radius 1 is 1.05 bits per heavy atom. The highest BCUT2D eigenvalue weighted by atomic mass is 35.5. The number of hydrogen-bond donors (Lipinski definition) is 2. The number of carbonyl (C=O) groups excluding carboxylic acids is 2. The number of amidine groups is 1. The highest BCUT2D eigenvalue weighted by Gasteiger charge is 2.24. The van der Waals surface area contributed by atoms with E-state index in [0.29, 0.717) is 38.7 Å². The van der Waals surface area contributed by atoms with Gasteiger partial charge < -0.3 is 20.1 Å². The topological polar surface area (TPSA) is 89.0 Å². The predicted octanol–water partition coefficient (Wildman–Crippen LogP) is 6.92. The van der Waals surface area contributed by atoms with Crippen LogP contribution < -0.4 is 20.1 Å². The summed E-state index contributed by atoms with van der Waals surface area (Å²) in [5.74, 6) is -0.0508. The number of ether oxygens (including phenoxy) is 2. The molecule has 3 aromatic carbocycles. The van der Waals surface area contributed by atoms with Crippen LogP contribution in [-0.2, 0) is 9.59 Å². The van der Waals surface area contributed by atoms with Gasteiger partial charge in [-0.25, -0.2) is 4.99 Å². The first-order valence-corrected chi connectivity index (χ1v) is 13.3. The Morgan fingerprint density at radius 2 is 1.82 bits per heavy atom. The quantitative estimate of drug-likeness (QED) is 0.287. The molecule has 2 amide bonds. The Labute approximate surface area is 235 Å². The fourth-order valence-corrected chi connectivity index (χ4v) is 4.74. The second-order valence-corrected chi connectivity index (χ2v) is 10.2. The molecule has 1 aliphatic heterocycles. The number of aliphatic imine (C=N–C) groups is 1. The molecule has 1 heterocycles. The molecule has 0 bridgehead atoms. The van der Waals surface area contributed by atoms with Gasteiger partial charge in [0.25, 0.3) is 11.8 Å². The summed E-state index contributed by atoms with van der Waals surface area (Å²) in [7, 11) is 0. The van der Waals surface area contributed by atoms with Crippen molar-refractivity contribution >= 4 is 69.4 Å². The van der Waals surface area contributed by atoms with Crippen molar-refractivity contribution in [1.29, 1.82) is 0 Å². The van der Waals surface area contributed by atoms with E-state index in [1.807, 2.05) is 51.1 Å². The second-order valence-electron chi connectivity index (χ2n) is 8.38. The molecule has 0 aliphatic carbocycles. The number of benzene rings is 3. The largest absolute Gasteiger partial charge is 0.490 e. The zero-order valence-corrected chi connectivity index (χ0v) is 23.3. The van der Waals surface area contributed by atoms with Crippen LogP contribution in [-0.4, -0.2) is 30.2 Å². The van der Waals surface area contributed by atoms with Gasteiger partial charge in [-0.05, 0) is 86.1 Å². The first kappa shape index (κ1) is 27.6. The Hall–Kier alpha value is -3.46. The Kier molecular flexibility index (Phi) is 8.99. The van der Waals surface area contributed by atoms with E-state index < -0.39 is 0 Å². The van der Waals surface area contributed by atoms with Gasteiger partial charge in [0.1, 0.15) is 0 Å². The zero-order valence-electron chi connectivity index (χ0n) is 20.9. The fraction of sp³-hybridized carbons (Fsp3) is 0.179. The van der Waals surface area contributed by atoms with Crippen LogP contribution in [0.2, 0.25) is 10.0 Å². The summed E-state index contributed by atoms with van der Waals surface area (Å²) in [6.07, 6.45) is 1.70. The number of amides is 2. The Balaban J connectivity index is 1.48. The molecule has 38 heavy (non-hydrogen) atoms. The van der Waals surface area contributed by atoms with E-state index in [1.54, 1.807) is 30.3 Å². The van der Waals surface area contributed by atoms with E-state index in [0.717, 1.165) is 16.8 Å². The number of rotatable bonds is 8. The average molecular weight is 570 g/mol. The number of halogens is 2. The van der Waals surface area contributed by atoms with Crippen LogP contribution in [0.3, 0.4) is 0 Å². The molecule has 0 saturated carbocycles. The average Bonchev–Trinajstić information content (AvgIpc) is 3.20. The van der Waals surface area contributed by atoms with Crippen molar-refractivity contribution < 1.29 is 19.1 Å². The molecule has 4 rings (SSSR count). The van der Waals surface area contributed by atoms with Crippen molar-refractivity contribution in [2.24, 2.45) is 4.99 Å². The second kappa shape index (κ2) is 12.4. The van der Waals surface area contributed by atoms with Crippen LogP contribution in [0.15, 0.2) is 64.5 Å². The lowest BCUT2D eigenvalue weighted by molar-refractivity contribution is -0.118. The summed E-state index contributed by atoms with van der Waals surface area (Å²) < 4.78 is 11.4. The molecule has 1 fully saturated rings. The Bertz CT molecular complexity index is 1440. The molecule has 10 heteroatoms. The highest BCUT2D eigenvalue weighted by molar-refractivity contribution is 8.18. The number of carbonyl (C=O) groups is 2. The SMILES string of the molecule is CCOc1cc(/C=C2\SC(=Nc3ccc(C)cc3)NC2=O)cc(Cl)c1OCC(=O)Nc1ccc(C)c(Cl)c1. The van der Waals surface area contributed by atoms with Crippen molar-refractivity contribution in [3.8, 4) is 11.5 Å². The van der Waals surface area contributed by atoms with E-state index in [-0.39, 0.29) is 29.2 Å². The summed E-state index contributed by atoms with van der Waals surface area (Å²) in [5, 5.41) is 6.80. The minimum atomic E-state index is -0.381. The van der Waals surface area contributed by atoms with Crippen LogP contribution in [0.25, 0.3) is 6.08 Å². The lowest BCUT2D eigenvalue weighted by atomic mass is 10.2. The summed E-state index contributed by atoms with van der Waals surface area (Å²) in [6, 6.07) is 16.3. The lowest BCUT2D eigenvalue weighted by Crippen LogP contribution is -2.20. The van der Waals surface area contributed by atoms with Crippen LogP contribution >= 0.6 is 35.0 Å². The molecule has 0 unspecified atom stereocenters. The summed E-state index contributed by atoms with van der Waals surface area (Å²) in [5.41, 5.74) is 3.98. The molecular weight excluding hydrogens is 545 g/mol. The molecule has 0 spiro atoms. The molecule has 0 radical (unpaired) electrons.